The number of hydrogen-bond acceptors (Lipinski definition) is 4. The minimum Gasteiger partial charge on any atom is -0.417 e. The molecule has 1 rings (SSSR count). The summed E-state index contributed by atoms with van der Waals surface area (Å²) in [7, 11) is -5.88. The summed E-state index contributed by atoms with van der Waals surface area (Å²) in [5, 5.41) is 0.0697. The monoisotopic (exact) mass is 359 g/mol. The molecule has 0 aromatic heterocycles. The summed E-state index contributed by atoms with van der Waals surface area (Å²) in [5.41, 5.74) is 0.963. The Morgan fingerprint density at radius 2 is 1.74 bits per heavy atom. The van der Waals surface area contributed by atoms with Crippen LogP contribution in [0.5, 0.6) is 0 Å². The van der Waals surface area contributed by atoms with Gasteiger partial charge in [0, 0.05) is 6.61 Å². The van der Waals surface area contributed by atoms with E-state index < -0.39 is 24.5 Å². The largest absolute Gasteiger partial charge is 0.417 e. The van der Waals surface area contributed by atoms with E-state index >= 15 is 0 Å². The Kier molecular flexibility index (Phi) is 6.05. The molecule has 0 N–H and O–H groups in total. The standard InChI is InChI=1S/C17H30O4SSi/c1-14-8-10-16(11-9-14)22(18,19)21-15(2)12-13-20-23(6,7)17(3,4)5/h8-11,15H,12-13H2,1-7H3/i15D. The first-order chi connectivity index (χ1) is 10.7. The maximum absolute atomic E-state index is 12.3. The van der Waals surface area contributed by atoms with E-state index in [0.717, 1.165) is 5.56 Å². The molecule has 0 aliphatic rings. The van der Waals surface area contributed by atoms with Crippen molar-refractivity contribution < 1.29 is 18.4 Å². The highest BCUT2D eigenvalue weighted by molar-refractivity contribution is 7.86. The zero-order chi connectivity index (χ0) is 18.8. The van der Waals surface area contributed by atoms with Crippen LogP contribution in [0.2, 0.25) is 18.1 Å². The molecule has 0 aliphatic heterocycles. The lowest BCUT2D eigenvalue weighted by Gasteiger charge is -2.36. The van der Waals surface area contributed by atoms with Crippen molar-refractivity contribution in [3.8, 4) is 0 Å². The molecule has 4 nitrogen and oxygen atoms in total. The van der Waals surface area contributed by atoms with Crippen LogP contribution in [0, 0.1) is 6.92 Å². The number of aryl methyl sites for hydroxylation is 1. The molecule has 0 bridgehead atoms. The molecule has 132 valence electrons. The lowest BCUT2D eigenvalue weighted by atomic mass is 10.2. The zero-order valence-corrected chi connectivity index (χ0v) is 17.1. The van der Waals surface area contributed by atoms with Crippen molar-refractivity contribution in [1.29, 1.82) is 0 Å². The first kappa shape index (κ1) is 18.6. The van der Waals surface area contributed by atoms with E-state index in [1.807, 2.05) is 6.92 Å². The van der Waals surface area contributed by atoms with E-state index in [2.05, 4.69) is 33.9 Å². The fraction of sp³-hybridized carbons (Fsp3) is 0.647. The van der Waals surface area contributed by atoms with Crippen molar-refractivity contribution in [2.75, 3.05) is 6.61 Å². The van der Waals surface area contributed by atoms with E-state index in [1.165, 1.54) is 19.1 Å². The molecule has 0 aliphatic carbocycles. The third-order valence-corrected chi connectivity index (χ3v) is 10.2. The summed E-state index contributed by atoms with van der Waals surface area (Å²) in [6.07, 6.45) is -1.38. The van der Waals surface area contributed by atoms with Crippen molar-refractivity contribution >= 4 is 18.4 Å². The summed E-state index contributed by atoms with van der Waals surface area (Å²) in [6.45, 7) is 14.3. The average molecular weight is 360 g/mol. The van der Waals surface area contributed by atoms with E-state index in [1.54, 1.807) is 12.1 Å². The predicted molar refractivity (Wildman–Crippen MR) is 96.7 cm³/mol. The summed E-state index contributed by atoms with van der Waals surface area (Å²) in [4.78, 5) is 0.0666. The normalized spacial score (nSPS) is 16.7. The predicted octanol–water partition coefficient (Wildman–Crippen LogP) is 4.50. The van der Waals surface area contributed by atoms with Crippen LogP contribution in [0.15, 0.2) is 29.2 Å². The summed E-state index contributed by atoms with van der Waals surface area (Å²) >= 11 is 0. The Balaban J connectivity index is 2.71. The second-order valence-corrected chi connectivity index (χ2v) is 13.8. The highest BCUT2D eigenvalue weighted by Gasteiger charge is 2.37. The van der Waals surface area contributed by atoms with Gasteiger partial charge in [0.2, 0.25) is 0 Å². The fourth-order valence-corrected chi connectivity index (χ4v) is 3.72. The molecule has 6 heteroatoms. The van der Waals surface area contributed by atoms with Crippen molar-refractivity contribution in [2.24, 2.45) is 0 Å². The maximum Gasteiger partial charge on any atom is 0.297 e. The molecule has 1 aromatic carbocycles. The van der Waals surface area contributed by atoms with Gasteiger partial charge in [0.05, 0.1) is 12.3 Å². The Labute approximate surface area is 143 Å². The van der Waals surface area contributed by atoms with Crippen LogP contribution >= 0.6 is 0 Å². The number of rotatable bonds is 7. The van der Waals surface area contributed by atoms with Gasteiger partial charge in [0.25, 0.3) is 10.1 Å². The molecule has 0 fully saturated rings. The summed E-state index contributed by atoms with van der Waals surface area (Å²) in [6, 6.07) is 6.40. The van der Waals surface area contributed by atoms with Crippen LogP contribution in [-0.2, 0) is 18.7 Å². The Morgan fingerprint density at radius 1 is 1.22 bits per heavy atom. The van der Waals surface area contributed by atoms with Gasteiger partial charge in [-0.05, 0) is 50.5 Å². The van der Waals surface area contributed by atoms with Crippen molar-refractivity contribution in [3.05, 3.63) is 29.8 Å². The van der Waals surface area contributed by atoms with E-state index in [4.69, 9.17) is 9.98 Å². The van der Waals surface area contributed by atoms with Crippen LogP contribution in [0.3, 0.4) is 0 Å². The third kappa shape index (κ3) is 6.03. The van der Waals surface area contributed by atoms with Crippen LogP contribution < -0.4 is 0 Å². The lowest BCUT2D eigenvalue weighted by molar-refractivity contribution is 0.176. The van der Waals surface area contributed by atoms with Gasteiger partial charge in [-0.1, -0.05) is 38.5 Å². The van der Waals surface area contributed by atoms with Gasteiger partial charge in [-0.2, -0.15) is 8.42 Å². The SMILES string of the molecule is [2H]C(C)(CCO[Si](C)(C)C(C)(C)C)OS(=O)(=O)c1ccc(C)cc1. The first-order valence-electron chi connectivity index (χ1n) is 8.33. The molecule has 0 saturated heterocycles. The Morgan fingerprint density at radius 3 is 2.22 bits per heavy atom. The quantitative estimate of drug-likeness (QED) is 0.531. The van der Waals surface area contributed by atoms with Gasteiger partial charge in [-0.15, -0.1) is 0 Å². The molecule has 1 aromatic rings. The number of benzene rings is 1. The molecule has 0 radical (unpaired) electrons. The lowest BCUT2D eigenvalue weighted by Crippen LogP contribution is -2.41. The highest BCUT2D eigenvalue weighted by Crippen LogP contribution is 2.36. The molecule has 23 heavy (non-hydrogen) atoms. The van der Waals surface area contributed by atoms with Gasteiger partial charge >= 0.3 is 0 Å². The van der Waals surface area contributed by atoms with Crippen LogP contribution in [0.25, 0.3) is 0 Å². The molecule has 0 saturated carbocycles. The molecular formula is C17H30O4SSi. The molecule has 1 unspecified atom stereocenters. The van der Waals surface area contributed by atoms with E-state index in [0.29, 0.717) is 6.61 Å². The van der Waals surface area contributed by atoms with Crippen LogP contribution in [0.1, 0.15) is 41.0 Å². The van der Waals surface area contributed by atoms with Gasteiger partial charge in [0.15, 0.2) is 8.32 Å². The van der Waals surface area contributed by atoms with Gasteiger partial charge in [-0.3, -0.25) is 4.18 Å². The summed E-state index contributed by atoms with van der Waals surface area (Å²) in [5.74, 6) is 0. The third-order valence-electron chi connectivity index (χ3n) is 4.28. The minimum atomic E-state index is -3.96. The minimum absolute atomic E-state index is 0.0666. The Hall–Kier alpha value is -0.693. The summed E-state index contributed by atoms with van der Waals surface area (Å²) < 4.78 is 43.9. The highest BCUT2D eigenvalue weighted by atomic mass is 32.2. The van der Waals surface area contributed by atoms with Gasteiger partial charge in [0.1, 0.15) is 0 Å². The molecule has 0 spiro atoms. The second-order valence-electron chi connectivity index (χ2n) is 7.41. The molecule has 0 amide bonds. The molecule has 1 atom stereocenters. The zero-order valence-electron chi connectivity index (χ0n) is 16.3. The van der Waals surface area contributed by atoms with E-state index in [9.17, 15) is 8.42 Å². The van der Waals surface area contributed by atoms with Crippen molar-refractivity contribution in [2.45, 2.75) is 70.1 Å². The van der Waals surface area contributed by atoms with Crippen LogP contribution in [-0.4, -0.2) is 29.4 Å². The van der Waals surface area contributed by atoms with Gasteiger partial charge < -0.3 is 4.43 Å². The first-order valence-corrected chi connectivity index (χ1v) is 12.1. The smallest absolute Gasteiger partial charge is 0.297 e. The second kappa shape index (κ2) is 7.47. The Bertz CT molecular complexity index is 646. The van der Waals surface area contributed by atoms with E-state index in [-0.39, 0.29) is 16.4 Å². The molecular weight excluding hydrogens is 328 g/mol. The average Bonchev–Trinajstić information content (AvgIpc) is 2.35. The van der Waals surface area contributed by atoms with Crippen LogP contribution in [0.4, 0.5) is 0 Å². The number of hydrogen-bond donors (Lipinski definition) is 0. The van der Waals surface area contributed by atoms with Crippen molar-refractivity contribution in [3.63, 3.8) is 0 Å². The maximum atomic E-state index is 12.3. The van der Waals surface area contributed by atoms with Crippen molar-refractivity contribution in [1.82, 2.24) is 0 Å². The fourth-order valence-electron chi connectivity index (χ4n) is 1.65. The topological polar surface area (TPSA) is 52.6 Å². The van der Waals surface area contributed by atoms with Gasteiger partial charge in [-0.25, -0.2) is 0 Å². The molecule has 0 heterocycles.